The third-order valence-corrected chi connectivity index (χ3v) is 5.81. The van der Waals surface area contributed by atoms with E-state index in [0.29, 0.717) is 37.2 Å². The normalized spacial score (nSPS) is 15.4. The van der Waals surface area contributed by atoms with Crippen LogP contribution >= 0.6 is 0 Å². The van der Waals surface area contributed by atoms with Crippen LogP contribution < -0.4 is 10.1 Å². The summed E-state index contributed by atoms with van der Waals surface area (Å²) in [5, 5.41) is 2.89. The van der Waals surface area contributed by atoms with Crippen LogP contribution in [0.1, 0.15) is 47.4 Å². The largest absolute Gasteiger partial charge is 0.497 e. The lowest BCUT2D eigenvalue weighted by molar-refractivity contribution is -0.135. The van der Waals surface area contributed by atoms with E-state index in [9.17, 15) is 14.4 Å². The molecule has 1 aliphatic heterocycles. The summed E-state index contributed by atoms with van der Waals surface area (Å²) >= 11 is 0. The van der Waals surface area contributed by atoms with Crippen molar-refractivity contribution in [3.8, 4) is 5.75 Å². The average molecular weight is 423 g/mol. The van der Waals surface area contributed by atoms with E-state index in [0.717, 1.165) is 5.56 Å². The zero-order chi connectivity index (χ0) is 22.4. The van der Waals surface area contributed by atoms with Gasteiger partial charge in [-0.2, -0.15) is 0 Å². The van der Waals surface area contributed by atoms with E-state index in [4.69, 9.17) is 4.74 Å². The van der Waals surface area contributed by atoms with Crippen molar-refractivity contribution in [2.24, 2.45) is 11.8 Å². The van der Waals surface area contributed by atoms with E-state index in [2.05, 4.69) is 5.32 Å². The van der Waals surface area contributed by atoms with E-state index < -0.39 is 6.04 Å². The Hall–Kier alpha value is -3.15. The van der Waals surface area contributed by atoms with Gasteiger partial charge in [-0.1, -0.05) is 44.2 Å². The van der Waals surface area contributed by atoms with Crippen molar-refractivity contribution in [2.75, 3.05) is 20.2 Å². The van der Waals surface area contributed by atoms with Crippen molar-refractivity contribution in [1.29, 1.82) is 0 Å². The number of nitrogens with zero attached hydrogens (tertiary/aromatic N) is 1. The monoisotopic (exact) mass is 422 g/mol. The summed E-state index contributed by atoms with van der Waals surface area (Å²) in [6, 6.07) is 15.5. The Bertz CT molecular complexity index is 901. The molecule has 2 aromatic rings. The number of carbonyl (C=O) groups is 3. The average Bonchev–Trinajstić information content (AvgIpc) is 2.82. The van der Waals surface area contributed by atoms with Gasteiger partial charge in [0.25, 0.3) is 5.91 Å². The van der Waals surface area contributed by atoms with E-state index in [1.165, 1.54) is 0 Å². The molecule has 1 saturated heterocycles. The van der Waals surface area contributed by atoms with Crippen LogP contribution in [0.5, 0.6) is 5.75 Å². The molecule has 6 heteroatoms. The number of benzene rings is 2. The highest BCUT2D eigenvalue weighted by atomic mass is 16.5. The first-order chi connectivity index (χ1) is 14.9. The number of ketones is 1. The smallest absolute Gasteiger partial charge is 0.251 e. The molecule has 164 valence electrons. The van der Waals surface area contributed by atoms with Gasteiger partial charge in [-0.05, 0) is 43.0 Å². The second-order valence-corrected chi connectivity index (χ2v) is 8.25. The Morgan fingerprint density at radius 1 is 0.935 bits per heavy atom. The van der Waals surface area contributed by atoms with Gasteiger partial charge in [0, 0.05) is 30.1 Å². The fourth-order valence-electron chi connectivity index (χ4n) is 3.88. The third kappa shape index (κ3) is 5.51. The predicted octanol–water partition coefficient (Wildman–Crippen LogP) is 3.57. The minimum atomic E-state index is -0.615. The van der Waals surface area contributed by atoms with Crippen LogP contribution in [-0.4, -0.2) is 48.7 Å². The minimum Gasteiger partial charge on any atom is -0.497 e. The molecular formula is C25H30N2O4. The second kappa shape index (κ2) is 10.2. The summed E-state index contributed by atoms with van der Waals surface area (Å²) in [7, 11) is 1.57. The van der Waals surface area contributed by atoms with E-state index in [-0.39, 0.29) is 29.4 Å². The van der Waals surface area contributed by atoms with Crippen LogP contribution in [0.3, 0.4) is 0 Å². The number of methoxy groups -OCH3 is 1. The molecule has 1 aliphatic rings. The predicted molar refractivity (Wildman–Crippen MR) is 119 cm³/mol. The highest BCUT2D eigenvalue weighted by Gasteiger charge is 2.33. The van der Waals surface area contributed by atoms with Gasteiger partial charge in [-0.25, -0.2) is 0 Å². The maximum atomic E-state index is 13.2. The number of carbonyl (C=O) groups excluding carboxylic acids is 3. The van der Waals surface area contributed by atoms with Crippen LogP contribution in [0.2, 0.25) is 0 Å². The number of likely N-dealkylation sites (tertiary alicyclic amines) is 1. The molecule has 2 amide bonds. The van der Waals surface area contributed by atoms with Crippen LogP contribution in [-0.2, 0) is 4.79 Å². The summed E-state index contributed by atoms with van der Waals surface area (Å²) in [6.45, 7) is 4.87. The number of hydrogen-bond donors (Lipinski definition) is 1. The van der Waals surface area contributed by atoms with Gasteiger partial charge in [0.2, 0.25) is 5.91 Å². The first-order valence-corrected chi connectivity index (χ1v) is 10.7. The molecule has 0 unspecified atom stereocenters. The van der Waals surface area contributed by atoms with Crippen LogP contribution in [0.15, 0.2) is 54.6 Å². The molecule has 0 aromatic heterocycles. The molecule has 0 saturated carbocycles. The first kappa shape index (κ1) is 22.5. The van der Waals surface area contributed by atoms with Crippen molar-refractivity contribution < 1.29 is 19.1 Å². The molecule has 0 bridgehead atoms. The van der Waals surface area contributed by atoms with Gasteiger partial charge in [0.05, 0.1) is 7.11 Å². The zero-order valence-corrected chi connectivity index (χ0v) is 18.3. The maximum absolute atomic E-state index is 13.2. The number of ether oxygens (including phenoxy) is 1. The van der Waals surface area contributed by atoms with Gasteiger partial charge in [0.1, 0.15) is 11.8 Å². The quantitative estimate of drug-likeness (QED) is 0.692. The summed E-state index contributed by atoms with van der Waals surface area (Å²) < 4.78 is 5.12. The van der Waals surface area contributed by atoms with Crippen LogP contribution in [0.4, 0.5) is 0 Å². The molecule has 6 nitrogen and oxygen atoms in total. The van der Waals surface area contributed by atoms with E-state index >= 15 is 0 Å². The molecule has 0 aliphatic carbocycles. The molecule has 1 heterocycles. The number of hydrogen-bond acceptors (Lipinski definition) is 4. The molecule has 0 radical (unpaired) electrons. The van der Waals surface area contributed by atoms with Crippen molar-refractivity contribution in [3.05, 3.63) is 65.7 Å². The molecule has 1 atom stereocenters. The fourth-order valence-corrected chi connectivity index (χ4v) is 3.88. The molecule has 2 aromatic carbocycles. The highest BCUT2D eigenvalue weighted by molar-refractivity contribution is 5.99. The number of nitrogens with one attached hydrogen (secondary N) is 1. The van der Waals surface area contributed by atoms with Gasteiger partial charge in [-0.3, -0.25) is 14.4 Å². The van der Waals surface area contributed by atoms with Gasteiger partial charge >= 0.3 is 0 Å². The number of rotatable bonds is 7. The summed E-state index contributed by atoms with van der Waals surface area (Å²) in [6.07, 6.45) is 1.27. The molecule has 1 N–H and O–H groups in total. The Kier molecular flexibility index (Phi) is 7.45. The Labute approximate surface area is 183 Å². The summed E-state index contributed by atoms with van der Waals surface area (Å²) in [4.78, 5) is 40.3. The van der Waals surface area contributed by atoms with E-state index in [1.807, 2.05) is 44.2 Å². The standard InChI is InChI=1S/C25H30N2O4/c1-17(2)22(26-24(29)20-9-11-21(31-3)12-10-20)25(30)27-15-13-19(14-16-27)23(28)18-7-5-4-6-8-18/h4-12,17,19,22H,13-16H2,1-3H3,(H,26,29)/t22-/m0/s1. The molecule has 1 fully saturated rings. The topological polar surface area (TPSA) is 75.7 Å². The number of Topliss-reactive ketones (excluding diaryl/α,β-unsaturated/α-hetero) is 1. The van der Waals surface area contributed by atoms with Crippen LogP contribution in [0.25, 0.3) is 0 Å². The lowest BCUT2D eigenvalue weighted by atomic mass is 9.88. The van der Waals surface area contributed by atoms with Gasteiger partial charge in [0.15, 0.2) is 5.78 Å². The second-order valence-electron chi connectivity index (χ2n) is 8.25. The summed E-state index contributed by atoms with van der Waals surface area (Å²) in [5.41, 5.74) is 1.20. The van der Waals surface area contributed by atoms with Gasteiger partial charge < -0.3 is 15.0 Å². The Morgan fingerprint density at radius 2 is 1.55 bits per heavy atom. The van der Waals surface area contributed by atoms with Crippen molar-refractivity contribution in [1.82, 2.24) is 10.2 Å². The van der Waals surface area contributed by atoms with Crippen LogP contribution in [0, 0.1) is 11.8 Å². The number of piperidine rings is 1. The number of amides is 2. The maximum Gasteiger partial charge on any atom is 0.251 e. The molecule has 31 heavy (non-hydrogen) atoms. The van der Waals surface area contributed by atoms with E-state index in [1.54, 1.807) is 36.3 Å². The lowest BCUT2D eigenvalue weighted by Crippen LogP contribution is -2.53. The zero-order valence-electron chi connectivity index (χ0n) is 18.3. The molecular weight excluding hydrogens is 392 g/mol. The SMILES string of the molecule is COc1ccc(C(=O)N[C@H](C(=O)N2CCC(C(=O)c3ccccc3)CC2)C(C)C)cc1. The highest BCUT2D eigenvalue weighted by Crippen LogP contribution is 2.23. The molecule has 0 spiro atoms. The minimum absolute atomic E-state index is 0.0571. The van der Waals surface area contributed by atoms with Gasteiger partial charge in [-0.15, -0.1) is 0 Å². The molecule has 3 rings (SSSR count). The Balaban J connectivity index is 1.60. The van der Waals surface area contributed by atoms with Crippen molar-refractivity contribution >= 4 is 17.6 Å². The lowest BCUT2D eigenvalue weighted by Gasteiger charge is -2.35. The van der Waals surface area contributed by atoms with Crippen molar-refractivity contribution in [2.45, 2.75) is 32.7 Å². The fraction of sp³-hybridized carbons (Fsp3) is 0.400. The summed E-state index contributed by atoms with van der Waals surface area (Å²) in [5.74, 6) is 0.296. The first-order valence-electron chi connectivity index (χ1n) is 10.7. The third-order valence-electron chi connectivity index (χ3n) is 5.81. The van der Waals surface area contributed by atoms with Crippen molar-refractivity contribution in [3.63, 3.8) is 0 Å². The Morgan fingerprint density at radius 3 is 2.10 bits per heavy atom.